The number of rotatable bonds is 3. The predicted octanol–water partition coefficient (Wildman–Crippen LogP) is 1.77. The predicted molar refractivity (Wildman–Crippen MR) is 78.8 cm³/mol. The molecule has 100 valence electrons. The Labute approximate surface area is 123 Å². The van der Waals surface area contributed by atoms with Crippen LogP contribution in [-0.4, -0.2) is 38.9 Å². The molecule has 0 spiro atoms. The first-order valence-electron chi connectivity index (χ1n) is 5.43. The second-order valence-corrected chi connectivity index (χ2v) is 7.23. The van der Waals surface area contributed by atoms with Crippen LogP contribution < -0.4 is 10.0 Å². The second kappa shape index (κ2) is 5.87. The van der Waals surface area contributed by atoms with Crippen molar-refractivity contribution in [3.8, 4) is 0 Å². The van der Waals surface area contributed by atoms with Gasteiger partial charge in [0.2, 0.25) is 0 Å². The minimum absolute atomic E-state index is 0.484. The van der Waals surface area contributed by atoms with Crippen LogP contribution in [0.2, 0.25) is 0 Å². The van der Waals surface area contributed by atoms with Crippen LogP contribution in [0.1, 0.15) is 0 Å². The lowest BCUT2D eigenvalue weighted by Gasteiger charge is -2.27. The third-order valence-corrected chi connectivity index (χ3v) is 5.44. The van der Waals surface area contributed by atoms with Crippen molar-refractivity contribution in [3.05, 3.63) is 27.1 Å². The van der Waals surface area contributed by atoms with Crippen molar-refractivity contribution in [2.45, 2.75) is 0 Å². The van der Waals surface area contributed by atoms with Crippen molar-refractivity contribution >= 4 is 47.8 Å². The molecule has 1 aromatic carbocycles. The lowest BCUT2D eigenvalue weighted by Crippen LogP contribution is -2.48. The van der Waals surface area contributed by atoms with Crippen LogP contribution in [0.4, 0.5) is 5.69 Å². The maximum Gasteiger partial charge on any atom is 0.301 e. The molecule has 1 aromatic rings. The van der Waals surface area contributed by atoms with Crippen molar-refractivity contribution in [1.82, 2.24) is 9.62 Å². The van der Waals surface area contributed by atoms with Gasteiger partial charge >= 0.3 is 10.2 Å². The van der Waals surface area contributed by atoms with Gasteiger partial charge < -0.3 is 5.32 Å². The monoisotopic (exact) mass is 397 g/mol. The summed E-state index contributed by atoms with van der Waals surface area (Å²) in [6.07, 6.45) is 0. The lowest BCUT2D eigenvalue weighted by molar-refractivity contribution is 0.362. The standard InChI is InChI=1S/C10H13Br2N3O2S/c11-8-2-1-3-9(12)10(8)14-18(16,17)15-6-4-13-5-7-15/h1-3,13-14H,4-7H2. The minimum atomic E-state index is -3.50. The number of nitrogens with zero attached hydrogens (tertiary/aromatic N) is 1. The quantitative estimate of drug-likeness (QED) is 0.815. The van der Waals surface area contributed by atoms with Gasteiger partial charge in [-0.05, 0) is 44.0 Å². The number of halogens is 2. The number of benzene rings is 1. The topological polar surface area (TPSA) is 61.4 Å². The van der Waals surface area contributed by atoms with E-state index in [-0.39, 0.29) is 0 Å². The Balaban J connectivity index is 2.22. The van der Waals surface area contributed by atoms with Gasteiger partial charge in [-0.15, -0.1) is 0 Å². The Morgan fingerprint density at radius 2 is 1.72 bits per heavy atom. The summed E-state index contributed by atoms with van der Waals surface area (Å²) in [4.78, 5) is 0. The SMILES string of the molecule is O=S(=O)(Nc1c(Br)cccc1Br)N1CCNCC1. The van der Waals surface area contributed by atoms with E-state index in [1.165, 1.54) is 4.31 Å². The zero-order valence-electron chi connectivity index (χ0n) is 9.49. The number of hydrogen-bond donors (Lipinski definition) is 2. The fraction of sp³-hybridized carbons (Fsp3) is 0.400. The molecule has 0 saturated carbocycles. The average Bonchev–Trinajstić information content (AvgIpc) is 2.35. The number of para-hydroxylation sites is 1. The molecule has 0 unspecified atom stereocenters. The lowest BCUT2D eigenvalue weighted by atomic mass is 10.3. The highest BCUT2D eigenvalue weighted by molar-refractivity contribution is 9.11. The summed E-state index contributed by atoms with van der Waals surface area (Å²) in [5, 5.41) is 3.12. The average molecular weight is 399 g/mol. The summed E-state index contributed by atoms with van der Waals surface area (Å²) in [5.41, 5.74) is 0.524. The Bertz CT molecular complexity index is 510. The van der Waals surface area contributed by atoms with Crippen LogP contribution >= 0.6 is 31.9 Å². The first-order valence-corrected chi connectivity index (χ1v) is 8.46. The van der Waals surface area contributed by atoms with Gasteiger partial charge in [-0.1, -0.05) is 6.07 Å². The maximum atomic E-state index is 12.2. The van der Waals surface area contributed by atoms with Gasteiger partial charge in [-0.25, -0.2) is 0 Å². The summed E-state index contributed by atoms with van der Waals surface area (Å²) in [6.45, 7) is 2.32. The molecular formula is C10H13Br2N3O2S. The fourth-order valence-corrected chi connectivity index (χ4v) is 4.40. The van der Waals surface area contributed by atoms with E-state index in [9.17, 15) is 8.42 Å². The van der Waals surface area contributed by atoms with Crippen molar-refractivity contribution in [3.63, 3.8) is 0 Å². The number of anilines is 1. The van der Waals surface area contributed by atoms with Crippen LogP contribution in [0.5, 0.6) is 0 Å². The van der Waals surface area contributed by atoms with E-state index in [2.05, 4.69) is 41.9 Å². The van der Waals surface area contributed by atoms with Crippen molar-refractivity contribution in [2.75, 3.05) is 30.9 Å². The molecule has 0 aromatic heterocycles. The fourth-order valence-electron chi connectivity index (χ4n) is 1.67. The van der Waals surface area contributed by atoms with Gasteiger partial charge in [0.05, 0.1) is 5.69 Å². The summed E-state index contributed by atoms with van der Waals surface area (Å²) >= 11 is 6.67. The Hall–Kier alpha value is -0.150. The molecule has 1 heterocycles. The van der Waals surface area contributed by atoms with E-state index in [0.29, 0.717) is 40.8 Å². The van der Waals surface area contributed by atoms with E-state index in [4.69, 9.17) is 0 Å². The molecular weight excluding hydrogens is 386 g/mol. The van der Waals surface area contributed by atoms with Gasteiger partial charge in [-0.2, -0.15) is 12.7 Å². The summed E-state index contributed by atoms with van der Waals surface area (Å²) in [7, 11) is -3.50. The zero-order valence-corrected chi connectivity index (χ0v) is 13.5. The van der Waals surface area contributed by atoms with E-state index in [0.717, 1.165) is 0 Å². The third-order valence-electron chi connectivity index (χ3n) is 2.61. The number of hydrogen-bond acceptors (Lipinski definition) is 3. The van der Waals surface area contributed by atoms with Crippen molar-refractivity contribution in [1.29, 1.82) is 0 Å². The van der Waals surface area contributed by atoms with Crippen LogP contribution in [0.25, 0.3) is 0 Å². The van der Waals surface area contributed by atoms with Crippen LogP contribution in [0.15, 0.2) is 27.1 Å². The van der Waals surface area contributed by atoms with E-state index in [1.54, 1.807) is 12.1 Å². The van der Waals surface area contributed by atoms with Crippen LogP contribution in [0, 0.1) is 0 Å². The molecule has 0 amide bonds. The maximum absolute atomic E-state index is 12.2. The highest BCUT2D eigenvalue weighted by Crippen LogP contribution is 2.31. The first kappa shape index (κ1) is 14.3. The van der Waals surface area contributed by atoms with E-state index < -0.39 is 10.2 Å². The third kappa shape index (κ3) is 3.24. The second-order valence-electron chi connectivity index (χ2n) is 3.85. The van der Waals surface area contributed by atoms with Gasteiger partial charge in [0.1, 0.15) is 0 Å². The van der Waals surface area contributed by atoms with Crippen molar-refractivity contribution < 1.29 is 8.42 Å². The normalized spacial score (nSPS) is 17.7. The zero-order chi connectivity index (χ0) is 13.2. The Kier molecular flexibility index (Phi) is 4.65. The molecule has 1 aliphatic rings. The first-order chi connectivity index (χ1) is 8.50. The Morgan fingerprint density at radius 1 is 1.17 bits per heavy atom. The molecule has 5 nitrogen and oxygen atoms in total. The molecule has 1 aliphatic heterocycles. The Morgan fingerprint density at radius 3 is 2.28 bits per heavy atom. The molecule has 2 rings (SSSR count). The molecule has 2 N–H and O–H groups in total. The van der Waals surface area contributed by atoms with Gasteiger partial charge in [0.25, 0.3) is 0 Å². The molecule has 1 fully saturated rings. The highest BCUT2D eigenvalue weighted by Gasteiger charge is 2.24. The van der Waals surface area contributed by atoms with E-state index in [1.807, 2.05) is 6.07 Å². The molecule has 0 aliphatic carbocycles. The van der Waals surface area contributed by atoms with Gasteiger partial charge in [-0.3, -0.25) is 4.72 Å². The molecule has 1 saturated heterocycles. The molecule has 8 heteroatoms. The largest absolute Gasteiger partial charge is 0.314 e. The molecule has 18 heavy (non-hydrogen) atoms. The van der Waals surface area contributed by atoms with Crippen molar-refractivity contribution in [2.24, 2.45) is 0 Å². The molecule has 0 bridgehead atoms. The smallest absolute Gasteiger partial charge is 0.301 e. The van der Waals surface area contributed by atoms with Crippen LogP contribution in [0.3, 0.4) is 0 Å². The molecule has 0 atom stereocenters. The highest BCUT2D eigenvalue weighted by atomic mass is 79.9. The number of nitrogens with one attached hydrogen (secondary N) is 2. The minimum Gasteiger partial charge on any atom is -0.314 e. The van der Waals surface area contributed by atoms with Crippen LogP contribution in [-0.2, 0) is 10.2 Å². The summed E-state index contributed by atoms with van der Waals surface area (Å²) in [5.74, 6) is 0. The summed E-state index contributed by atoms with van der Waals surface area (Å²) < 4.78 is 29.9. The van der Waals surface area contributed by atoms with E-state index >= 15 is 0 Å². The number of piperazine rings is 1. The van der Waals surface area contributed by atoms with Gasteiger partial charge in [0, 0.05) is 35.1 Å². The van der Waals surface area contributed by atoms with Gasteiger partial charge in [0.15, 0.2) is 0 Å². The summed E-state index contributed by atoms with van der Waals surface area (Å²) in [6, 6.07) is 5.41. The molecule has 0 radical (unpaired) electrons.